The van der Waals surface area contributed by atoms with E-state index >= 15 is 0 Å². The molecule has 0 aliphatic carbocycles. The quantitative estimate of drug-likeness (QED) is 0.401. The van der Waals surface area contributed by atoms with Crippen LogP contribution in [-0.4, -0.2) is 24.9 Å². The van der Waals surface area contributed by atoms with Gasteiger partial charge in [-0.2, -0.15) is 0 Å². The number of hydrogen-bond acceptors (Lipinski definition) is 5. The topological polar surface area (TPSA) is 79.4 Å². The third kappa shape index (κ3) is 3.04. The van der Waals surface area contributed by atoms with Crippen LogP contribution in [0.3, 0.4) is 0 Å². The van der Waals surface area contributed by atoms with Crippen molar-refractivity contribution in [3.05, 3.63) is 77.7 Å². The molecule has 0 bridgehead atoms. The monoisotopic (exact) mass is 418 g/mol. The maximum Gasteiger partial charge on any atom is 0.162 e. The van der Waals surface area contributed by atoms with Crippen LogP contribution >= 0.6 is 11.6 Å². The molecule has 2 N–H and O–H groups in total. The summed E-state index contributed by atoms with van der Waals surface area (Å²) in [5, 5.41) is 4.69. The SMILES string of the molecule is CC(Nc1ncnc2[nH]cnc12)c1cc(Cl)c2cccnc2c1-c1ccccc1F. The predicted molar refractivity (Wildman–Crippen MR) is 116 cm³/mol. The van der Waals surface area contributed by atoms with Gasteiger partial charge in [-0.3, -0.25) is 4.98 Å². The lowest BCUT2D eigenvalue weighted by atomic mass is 9.92. The number of hydrogen-bond donors (Lipinski definition) is 2. The lowest BCUT2D eigenvalue weighted by molar-refractivity contribution is 0.631. The molecular formula is C22H16ClFN6. The summed E-state index contributed by atoms with van der Waals surface area (Å²) < 4.78 is 14.8. The molecule has 3 heterocycles. The fraction of sp³-hybridized carbons (Fsp3) is 0.0909. The second kappa shape index (κ2) is 7.35. The summed E-state index contributed by atoms with van der Waals surface area (Å²) >= 11 is 6.58. The highest BCUT2D eigenvalue weighted by molar-refractivity contribution is 6.36. The molecule has 0 spiro atoms. The van der Waals surface area contributed by atoms with Gasteiger partial charge < -0.3 is 10.3 Å². The summed E-state index contributed by atoms with van der Waals surface area (Å²) in [4.78, 5) is 20.3. The minimum Gasteiger partial charge on any atom is -0.362 e. The molecule has 30 heavy (non-hydrogen) atoms. The Morgan fingerprint density at radius 3 is 2.77 bits per heavy atom. The first kappa shape index (κ1) is 18.4. The summed E-state index contributed by atoms with van der Waals surface area (Å²) in [6.07, 6.45) is 4.71. The van der Waals surface area contributed by atoms with Gasteiger partial charge in [-0.15, -0.1) is 0 Å². The van der Waals surface area contributed by atoms with Crippen LogP contribution in [0.15, 0.2) is 61.3 Å². The van der Waals surface area contributed by atoms with Crippen LogP contribution in [0.25, 0.3) is 33.2 Å². The van der Waals surface area contributed by atoms with Gasteiger partial charge in [-0.1, -0.05) is 29.8 Å². The summed E-state index contributed by atoms with van der Waals surface area (Å²) in [5.74, 6) is 0.252. The molecule has 2 aromatic carbocycles. The Labute approximate surface area is 176 Å². The van der Waals surface area contributed by atoms with E-state index in [0.29, 0.717) is 38.6 Å². The van der Waals surface area contributed by atoms with Crippen molar-refractivity contribution in [1.29, 1.82) is 0 Å². The van der Waals surface area contributed by atoms with E-state index in [1.54, 1.807) is 30.7 Å². The van der Waals surface area contributed by atoms with Gasteiger partial charge >= 0.3 is 0 Å². The predicted octanol–water partition coefficient (Wildman–Crippen LogP) is 5.53. The van der Waals surface area contributed by atoms with Crippen LogP contribution in [0.1, 0.15) is 18.5 Å². The van der Waals surface area contributed by atoms with Crippen LogP contribution in [0.2, 0.25) is 5.02 Å². The normalized spacial score (nSPS) is 12.4. The van der Waals surface area contributed by atoms with E-state index in [2.05, 4.69) is 30.2 Å². The molecule has 0 amide bonds. The Morgan fingerprint density at radius 1 is 1.03 bits per heavy atom. The van der Waals surface area contributed by atoms with E-state index in [4.69, 9.17) is 11.6 Å². The molecule has 0 aliphatic heterocycles. The highest BCUT2D eigenvalue weighted by Gasteiger charge is 2.21. The van der Waals surface area contributed by atoms with Gasteiger partial charge in [0.15, 0.2) is 11.5 Å². The highest BCUT2D eigenvalue weighted by Crippen LogP contribution is 2.40. The first-order valence-corrected chi connectivity index (χ1v) is 9.74. The average molecular weight is 419 g/mol. The molecule has 0 radical (unpaired) electrons. The van der Waals surface area contributed by atoms with Crippen molar-refractivity contribution in [2.75, 3.05) is 5.32 Å². The number of nitrogens with zero attached hydrogens (tertiary/aromatic N) is 4. The second-order valence-electron chi connectivity index (χ2n) is 6.89. The van der Waals surface area contributed by atoms with Gasteiger partial charge in [0.1, 0.15) is 17.7 Å². The van der Waals surface area contributed by atoms with Crippen molar-refractivity contribution < 1.29 is 4.39 Å². The zero-order valence-electron chi connectivity index (χ0n) is 15.9. The third-order valence-corrected chi connectivity index (χ3v) is 5.37. The maximum atomic E-state index is 14.8. The Bertz CT molecular complexity index is 1380. The number of benzene rings is 2. The molecule has 0 saturated heterocycles. The number of H-pyrrole nitrogens is 1. The number of pyridine rings is 1. The number of anilines is 1. The third-order valence-electron chi connectivity index (χ3n) is 5.05. The minimum absolute atomic E-state index is 0.265. The van der Waals surface area contributed by atoms with Crippen molar-refractivity contribution in [3.63, 3.8) is 0 Å². The van der Waals surface area contributed by atoms with E-state index in [0.717, 1.165) is 10.9 Å². The molecule has 1 atom stereocenters. The Hall–Kier alpha value is -3.58. The molecule has 5 rings (SSSR count). The second-order valence-corrected chi connectivity index (χ2v) is 7.30. The van der Waals surface area contributed by atoms with Crippen molar-refractivity contribution in [2.45, 2.75) is 13.0 Å². The zero-order valence-corrected chi connectivity index (χ0v) is 16.7. The van der Waals surface area contributed by atoms with Crippen molar-refractivity contribution in [2.24, 2.45) is 0 Å². The standard InChI is InChI=1S/C22H16ClFN6/c1-12(30-22-20-21(27-10-26-20)28-11-29-22)15-9-16(23)13-6-4-8-25-19(13)18(15)14-5-2-3-7-17(14)24/h2-12H,1H3,(H2,26,27,28,29,30). The summed E-state index contributed by atoms with van der Waals surface area (Å²) in [7, 11) is 0. The molecule has 0 aliphatic rings. The number of nitrogens with one attached hydrogen (secondary N) is 2. The molecule has 8 heteroatoms. The minimum atomic E-state index is -0.322. The van der Waals surface area contributed by atoms with Crippen LogP contribution in [0.5, 0.6) is 0 Å². The number of aromatic nitrogens is 5. The largest absolute Gasteiger partial charge is 0.362 e. The Balaban J connectivity index is 1.71. The summed E-state index contributed by atoms with van der Waals surface area (Å²) in [5.41, 5.74) is 3.87. The fourth-order valence-electron chi connectivity index (χ4n) is 3.66. The smallest absolute Gasteiger partial charge is 0.162 e. The molecule has 3 aromatic heterocycles. The van der Waals surface area contributed by atoms with Crippen LogP contribution in [0, 0.1) is 5.82 Å². The summed E-state index contributed by atoms with van der Waals surface area (Å²) in [6, 6.07) is 12.0. The van der Waals surface area contributed by atoms with Gasteiger partial charge in [0.25, 0.3) is 0 Å². The zero-order chi connectivity index (χ0) is 20.7. The summed E-state index contributed by atoms with van der Waals surface area (Å²) in [6.45, 7) is 1.96. The van der Waals surface area contributed by atoms with Gasteiger partial charge in [-0.05, 0) is 36.8 Å². The van der Waals surface area contributed by atoms with E-state index in [1.807, 2.05) is 25.1 Å². The van der Waals surface area contributed by atoms with Crippen LogP contribution in [-0.2, 0) is 0 Å². The van der Waals surface area contributed by atoms with E-state index in [1.165, 1.54) is 12.4 Å². The molecule has 0 saturated carbocycles. The van der Waals surface area contributed by atoms with Crippen molar-refractivity contribution in [3.8, 4) is 11.1 Å². The van der Waals surface area contributed by atoms with Gasteiger partial charge in [0.05, 0.1) is 22.9 Å². The first-order valence-electron chi connectivity index (χ1n) is 9.36. The van der Waals surface area contributed by atoms with Gasteiger partial charge in [0, 0.05) is 22.7 Å². The fourth-order valence-corrected chi connectivity index (χ4v) is 3.93. The highest BCUT2D eigenvalue weighted by atomic mass is 35.5. The van der Waals surface area contributed by atoms with Crippen LogP contribution < -0.4 is 5.32 Å². The number of fused-ring (bicyclic) bond motifs is 2. The van der Waals surface area contributed by atoms with E-state index in [-0.39, 0.29) is 11.9 Å². The first-order chi connectivity index (χ1) is 14.6. The molecule has 6 nitrogen and oxygen atoms in total. The molecule has 5 aromatic rings. The van der Waals surface area contributed by atoms with Gasteiger partial charge in [0.2, 0.25) is 0 Å². The Morgan fingerprint density at radius 2 is 1.90 bits per heavy atom. The lowest BCUT2D eigenvalue weighted by Gasteiger charge is -2.21. The number of aromatic amines is 1. The van der Waals surface area contributed by atoms with Crippen molar-refractivity contribution in [1.82, 2.24) is 24.9 Å². The number of imidazole rings is 1. The van der Waals surface area contributed by atoms with E-state index < -0.39 is 0 Å². The van der Waals surface area contributed by atoms with Gasteiger partial charge in [-0.25, -0.2) is 19.3 Å². The molecule has 1 unspecified atom stereocenters. The average Bonchev–Trinajstić information content (AvgIpc) is 3.24. The van der Waals surface area contributed by atoms with Crippen LogP contribution in [0.4, 0.5) is 10.2 Å². The lowest BCUT2D eigenvalue weighted by Crippen LogP contribution is -2.11. The molecular weight excluding hydrogens is 403 g/mol. The van der Waals surface area contributed by atoms with E-state index in [9.17, 15) is 4.39 Å². The number of rotatable bonds is 4. The molecule has 148 valence electrons. The van der Waals surface area contributed by atoms with Crippen molar-refractivity contribution >= 4 is 39.5 Å². The number of halogens is 2. The molecule has 0 fully saturated rings. The Kier molecular flexibility index (Phi) is 4.52. The maximum absolute atomic E-state index is 14.8.